The minimum atomic E-state index is -0.239. The Morgan fingerprint density at radius 2 is 2.18 bits per heavy atom. The van der Waals surface area contributed by atoms with Crippen molar-refractivity contribution in [3.63, 3.8) is 0 Å². The molecule has 0 bridgehead atoms. The second kappa shape index (κ2) is 5.55. The van der Waals surface area contributed by atoms with Crippen LogP contribution in [0.3, 0.4) is 0 Å². The van der Waals surface area contributed by atoms with E-state index in [1.54, 1.807) is 0 Å². The van der Waals surface area contributed by atoms with Crippen molar-refractivity contribution in [1.29, 1.82) is 0 Å². The van der Waals surface area contributed by atoms with Crippen LogP contribution in [0.5, 0.6) is 0 Å². The van der Waals surface area contributed by atoms with Crippen LogP contribution < -0.4 is 0 Å². The van der Waals surface area contributed by atoms with Gasteiger partial charge in [0.15, 0.2) is 0 Å². The van der Waals surface area contributed by atoms with Gasteiger partial charge in [-0.25, -0.2) is 0 Å². The summed E-state index contributed by atoms with van der Waals surface area (Å²) in [6, 6.07) is 0. The van der Waals surface area contributed by atoms with Crippen molar-refractivity contribution in [2.75, 3.05) is 18.9 Å². The van der Waals surface area contributed by atoms with E-state index in [2.05, 4.69) is 17.8 Å². The first kappa shape index (κ1) is 10.9. The Balaban J connectivity index is 3.51. The Morgan fingerprint density at radius 1 is 1.55 bits per heavy atom. The fourth-order valence-corrected chi connectivity index (χ4v) is 0.800. The summed E-state index contributed by atoms with van der Waals surface area (Å²) in [6.07, 6.45) is 0.671. The molecule has 3 nitrogen and oxygen atoms in total. The lowest BCUT2D eigenvalue weighted by molar-refractivity contribution is -0.0125. The summed E-state index contributed by atoms with van der Waals surface area (Å²) in [5.41, 5.74) is -0.239. The van der Waals surface area contributed by atoms with E-state index in [1.807, 2.05) is 13.8 Å². The number of hydrogen-bond acceptors (Lipinski definition) is 4. The highest BCUT2D eigenvalue weighted by atomic mass is 32.1. The lowest BCUT2D eigenvalue weighted by atomic mass is 10.1. The van der Waals surface area contributed by atoms with Crippen LogP contribution in [0.4, 0.5) is 0 Å². The molecular formula is C7H15NO2S. The first-order valence-corrected chi connectivity index (χ1v) is 4.29. The van der Waals surface area contributed by atoms with Crippen LogP contribution >= 0.6 is 12.6 Å². The Hall–Kier alpha value is -0.0900. The van der Waals surface area contributed by atoms with Gasteiger partial charge in [0.1, 0.15) is 0 Å². The van der Waals surface area contributed by atoms with Gasteiger partial charge < -0.3 is 4.74 Å². The van der Waals surface area contributed by atoms with Crippen molar-refractivity contribution in [2.24, 2.45) is 5.18 Å². The van der Waals surface area contributed by atoms with Crippen LogP contribution in [-0.2, 0) is 4.74 Å². The van der Waals surface area contributed by atoms with Crippen LogP contribution in [0.1, 0.15) is 20.3 Å². The van der Waals surface area contributed by atoms with Crippen LogP contribution in [0.2, 0.25) is 0 Å². The first-order chi connectivity index (χ1) is 5.12. The first-order valence-electron chi connectivity index (χ1n) is 3.66. The molecule has 0 aromatic heterocycles. The van der Waals surface area contributed by atoms with Crippen molar-refractivity contribution in [2.45, 2.75) is 25.9 Å². The molecular weight excluding hydrogens is 162 g/mol. The molecule has 0 aromatic carbocycles. The monoisotopic (exact) mass is 177 g/mol. The van der Waals surface area contributed by atoms with Gasteiger partial charge in [0.25, 0.3) is 0 Å². The Morgan fingerprint density at radius 3 is 2.64 bits per heavy atom. The number of nitrogens with zero attached hydrogens (tertiary/aromatic N) is 1. The lowest BCUT2D eigenvalue weighted by Gasteiger charge is -2.23. The molecule has 66 valence electrons. The Kier molecular flexibility index (Phi) is 5.50. The van der Waals surface area contributed by atoms with Crippen LogP contribution in [-0.4, -0.2) is 24.5 Å². The summed E-state index contributed by atoms with van der Waals surface area (Å²) in [5.74, 6) is 0.706. The maximum absolute atomic E-state index is 9.80. The molecule has 0 aliphatic carbocycles. The highest BCUT2D eigenvalue weighted by Crippen LogP contribution is 2.13. The lowest BCUT2D eigenvalue weighted by Crippen LogP contribution is -2.26. The van der Waals surface area contributed by atoms with Gasteiger partial charge >= 0.3 is 0 Å². The van der Waals surface area contributed by atoms with Crippen molar-refractivity contribution in [3.05, 3.63) is 4.91 Å². The molecule has 0 aliphatic rings. The van der Waals surface area contributed by atoms with Crippen LogP contribution in [0.15, 0.2) is 5.18 Å². The summed E-state index contributed by atoms with van der Waals surface area (Å²) in [6.45, 7) is 4.83. The minimum absolute atomic E-state index is 0.239. The molecule has 0 rings (SSSR count). The van der Waals surface area contributed by atoms with Gasteiger partial charge in [0, 0.05) is 5.75 Å². The quantitative estimate of drug-likeness (QED) is 0.497. The minimum Gasteiger partial charge on any atom is -0.375 e. The van der Waals surface area contributed by atoms with E-state index in [0.29, 0.717) is 25.3 Å². The second-order valence-corrected chi connectivity index (χ2v) is 3.38. The molecule has 0 fully saturated rings. The molecule has 0 heterocycles. The largest absolute Gasteiger partial charge is 0.375 e. The summed E-state index contributed by atoms with van der Waals surface area (Å²) >= 11 is 4.01. The smallest absolute Gasteiger partial charge is 0.0838 e. The Labute approximate surface area is 72.9 Å². The molecule has 0 aromatic rings. The average molecular weight is 177 g/mol. The van der Waals surface area contributed by atoms with E-state index in [9.17, 15) is 4.91 Å². The maximum Gasteiger partial charge on any atom is 0.0838 e. The SMILES string of the molecule is CC(C)(CCN=O)OCCS. The summed E-state index contributed by atoms with van der Waals surface area (Å²) in [5, 5.41) is 2.78. The van der Waals surface area contributed by atoms with Gasteiger partial charge in [-0.05, 0) is 20.3 Å². The molecule has 0 aliphatic heterocycles. The van der Waals surface area contributed by atoms with Gasteiger partial charge in [-0.2, -0.15) is 17.5 Å². The number of ether oxygens (including phenoxy) is 1. The predicted molar refractivity (Wildman–Crippen MR) is 49.2 cm³/mol. The highest BCUT2D eigenvalue weighted by Gasteiger charge is 2.17. The van der Waals surface area contributed by atoms with Gasteiger partial charge in [-0.15, -0.1) is 0 Å². The van der Waals surface area contributed by atoms with Crippen molar-refractivity contribution in [1.82, 2.24) is 0 Å². The average Bonchev–Trinajstić information content (AvgIpc) is 1.97. The fourth-order valence-electron chi connectivity index (χ4n) is 0.709. The van der Waals surface area contributed by atoms with E-state index in [1.165, 1.54) is 0 Å². The molecule has 0 unspecified atom stereocenters. The standard InChI is InChI=1S/C7H15NO2S/c1-7(2,3-4-8-9)10-5-6-11/h11H,3-6H2,1-2H3. The van der Waals surface area contributed by atoms with Crippen molar-refractivity contribution < 1.29 is 4.74 Å². The second-order valence-electron chi connectivity index (χ2n) is 2.93. The zero-order chi connectivity index (χ0) is 8.74. The normalized spacial score (nSPS) is 11.5. The summed E-state index contributed by atoms with van der Waals surface area (Å²) < 4.78 is 5.41. The van der Waals surface area contributed by atoms with Crippen molar-refractivity contribution in [3.8, 4) is 0 Å². The van der Waals surface area contributed by atoms with Gasteiger partial charge in [-0.3, -0.25) is 0 Å². The molecule has 0 saturated carbocycles. The maximum atomic E-state index is 9.80. The summed E-state index contributed by atoms with van der Waals surface area (Å²) in [7, 11) is 0. The van der Waals surface area contributed by atoms with Gasteiger partial charge in [0.2, 0.25) is 0 Å². The Bertz CT molecular complexity index is 117. The van der Waals surface area contributed by atoms with Crippen LogP contribution in [0.25, 0.3) is 0 Å². The zero-order valence-electron chi connectivity index (χ0n) is 7.04. The van der Waals surface area contributed by atoms with Gasteiger partial charge in [0.05, 0.1) is 18.8 Å². The summed E-state index contributed by atoms with van der Waals surface area (Å²) in [4.78, 5) is 9.80. The van der Waals surface area contributed by atoms with Crippen molar-refractivity contribution >= 4 is 12.6 Å². The van der Waals surface area contributed by atoms with Gasteiger partial charge in [-0.1, -0.05) is 5.18 Å². The number of hydrogen-bond donors (Lipinski definition) is 1. The number of rotatable bonds is 6. The third kappa shape index (κ3) is 6.31. The molecule has 4 heteroatoms. The third-order valence-electron chi connectivity index (χ3n) is 1.39. The fraction of sp³-hybridized carbons (Fsp3) is 1.00. The topological polar surface area (TPSA) is 38.7 Å². The molecule has 11 heavy (non-hydrogen) atoms. The molecule has 0 radical (unpaired) electrons. The van der Waals surface area contributed by atoms with Crippen LogP contribution in [0, 0.1) is 4.91 Å². The molecule has 0 atom stereocenters. The zero-order valence-corrected chi connectivity index (χ0v) is 7.93. The number of nitroso groups, excluding NO2 is 1. The molecule has 0 spiro atoms. The van der Waals surface area contributed by atoms with E-state index >= 15 is 0 Å². The van der Waals surface area contributed by atoms with E-state index in [-0.39, 0.29) is 5.60 Å². The molecule has 0 saturated heterocycles. The van der Waals surface area contributed by atoms with E-state index < -0.39 is 0 Å². The third-order valence-corrected chi connectivity index (χ3v) is 1.57. The molecule has 0 N–H and O–H groups in total. The predicted octanol–water partition coefficient (Wildman–Crippen LogP) is 1.87. The highest BCUT2D eigenvalue weighted by molar-refractivity contribution is 7.80. The number of thiol groups is 1. The van der Waals surface area contributed by atoms with E-state index in [4.69, 9.17) is 4.74 Å². The molecule has 0 amide bonds. The van der Waals surface area contributed by atoms with E-state index in [0.717, 1.165) is 0 Å².